The summed E-state index contributed by atoms with van der Waals surface area (Å²) in [5, 5.41) is 9.89. The lowest BCUT2D eigenvalue weighted by Gasteiger charge is -2.21. The Morgan fingerprint density at radius 1 is 1.25 bits per heavy atom. The van der Waals surface area contributed by atoms with Crippen LogP contribution in [0.5, 0.6) is 5.75 Å². The maximum absolute atomic E-state index is 11.7. The van der Waals surface area contributed by atoms with E-state index in [-0.39, 0.29) is 17.1 Å². The number of rotatable bonds is 1. The second-order valence-corrected chi connectivity index (χ2v) is 5.18. The zero-order valence-corrected chi connectivity index (χ0v) is 10.5. The Morgan fingerprint density at radius 3 is 2.19 bits per heavy atom. The first-order valence-electron chi connectivity index (χ1n) is 5.28. The molecule has 0 heterocycles. The van der Waals surface area contributed by atoms with Crippen LogP contribution < -0.4 is 0 Å². The highest BCUT2D eigenvalue weighted by atomic mass is 16.3. The summed E-state index contributed by atoms with van der Waals surface area (Å²) in [6.07, 6.45) is 0. The van der Waals surface area contributed by atoms with E-state index in [0.29, 0.717) is 5.56 Å². The van der Waals surface area contributed by atoms with Gasteiger partial charge < -0.3 is 10.0 Å². The smallest absolute Gasteiger partial charge is 0.253 e. The van der Waals surface area contributed by atoms with Crippen LogP contribution in [0.15, 0.2) is 18.2 Å². The maximum atomic E-state index is 11.7. The molecule has 1 aromatic carbocycles. The number of carbonyl (C=O) groups is 1. The average molecular weight is 221 g/mol. The molecule has 0 aliphatic heterocycles. The largest absolute Gasteiger partial charge is 0.508 e. The molecule has 3 nitrogen and oxygen atoms in total. The third kappa shape index (κ3) is 2.54. The summed E-state index contributed by atoms with van der Waals surface area (Å²) < 4.78 is 0. The van der Waals surface area contributed by atoms with Crippen LogP contribution in [0.2, 0.25) is 0 Å². The molecular formula is C13H19NO2. The van der Waals surface area contributed by atoms with Crippen molar-refractivity contribution in [3.05, 3.63) is 29.3 Å². The minimum atomic E-state index is -0.121. The number of benzene rings is 1. The molecule has 1 N–H and O–H groups in total. The molecule has 0 saturated carbocycles. The minimum Gasteiger partial charge on any atom is -0.508 e. The quantitative estimate of drug-likeness (QED) is 0.791. The summed E-state index contributed by atoms with van der Waals surface area (Å²) in [6.45, 7) is 6.07. The van der Waals surface area contributed by atoms with Crippen molar-refractivity contribution in [2.75, 3.05) is 14.1 Å². The number of hydrogen-bond donors (Lipinski definition) is 1. The number of phenolic OH excluding ortho intramolecular Hbond substituents is 1. The SMILES string of the molecule is CN(C)C(=O)c1ccc(C(C)(C)C)c(O)c1. The zero-order valence-electron chi connectivity index (χ0n) is 10.5. The van der Waals surface area contributed by atoms with Gasteiger partial charge in [-0.1, -0.05) is 26.8 Å². The second-order valence-electron chi connectivity index (χ2n) is 5.18. The van der Waals surface area contributed by atoms with Gasteiger partial charge in [0.05, 0.1) is 0 Å². The topological polar surface area (TPSA) is 40.5 Å². The molecule has 0 atom stereocenters. The predicted molar refractivity (Wildman–Crippen MR) is 64.8 cm³/mol. The van der Waals surface area contributed by atoms with Gasteiger partial charge >= 0.3 is 0 Å². The van der Waals surface area contributed by atoms with E-state index in [0.717, 1.165) is 5.56 Å². The van der Waals surface area contributed by atoms with E-state index in [1.165, 1.54) is 11.0 Å². The van der Waals surface area contributed by atoms with Gasteiger partial charge in [0.2, 0.25) is 0 Å². The van der Waals surface area contributed by atoms with Gasteiger partial charge in [0.1, 0.15) is 5.75 Å². The summed E-state index contributed by atoms with van der Waals surface area (Å²) in [5.74, 6) is 0.0796. The number of carbonyl (C=O) groups excluding carboxylic acids is 1. The van der Waals surface area contributed by atoms with E-state index in [2.05, 4.69) is 0 Å². The molecule has 0 aliphatic carbocycles. The molecule has 0 radical (unpaired) electrons. The number of aromatic hydroxyl groups is 1. The van der Waals surface area contributed by atoms with Crippen molar-refractivity contribution < 1.29 is 9.90 Å². The Morgan fingerprint density at radius 2 is 1.81 bits per heavy atom. The summed E-state index contributed by atoms with van der Waals surface area (Å²) in [7, 11) is 3.38. The van der Waals surface area contributed by atoms with Crippen LogP contribution in [0.4, 0.5) is 0 Å². The molecular weight excluding hydrogens is 202 g/mol. The van der Waals surface area contributed by atoms with Crippen LogP contribution in [0.1, 0.15) is 36.7 Å². The molecule has 16 heavy (non-hydrogen) atoms. The number of amides is 1. The Kier molecular flexibility index (Phi) is 3.27. The fourth-order valence-corrected chi connectivity index (χ4v) is 1.56. The third-order valence-electron chi connectivity index (χ3n) is 2.46. The highest BCUT2D eigenvalue weighted by molar-refractivity contribution is 5.94. The predicted octanol–water partition coefficient (Wildman–Crippen LogP) is 2.39. The van der Waals surface area contributed by atoms with Crippen molar-refractivity contribution in [2.45, 2.75) is 26.2 Å². The Bertz CT molecular complexity index is 403. The van der Waals surface area contributed by atoms with E-state index in [1.807, 2.05) is 26.8 Å². The Labute approximate surface area is 96.7 Å². The number of nitrogens with zero attached hydrogens (tertiary/aromatic N) is 1. The van der Waals surface area contributed by atoms with Crippen molar-refractivity contribution in [3.8, 4) is 5.75 Å². The third-order valence-corrected chi connectivity index (χ3v) is 2.46. The van der Waals surface area contributed by atoms with E-state index < -0.39 is 0 Å². The van der Waals surface area contributed by atoms with E-state index in [1.54, 1.807) is 20.2 Å². The first-order valence-corrected chi connectivity index (χ1v) is 5.28. The van der Waals surface area contributed by atoms with Crippen LogP contribution in [-0.4, -0.2) is 30.0 Å². The molecule has 0 saturated heterocycles. The Balaban J connectivity index is 3.15. The van der Waals surface area contributed by atoms with Gasteiger partial charge in [0.15, 0.2) is 0 Å². The second kappa shape index (κ2) is 4.16. The van der Waals surface area contributed by atoms with E-state index in [4.69, 9.17) is 0 Å². The summed E-state index contributed by atoms with van der Waals surface area (Å²) in [5.41, 5.74) is 1.24. The van der Waals surface area contributed by atoms with Crippen LogP contribution in [0.3, 0.4) is 0 Å². The van der Waals surface area contributed by atoms with Gasteiger partial charge in [-0.2, -0.15) is 0 Å². The van der Waals surface area contributed by atoms with Gasteiger partial charge in [-0.05, 0) is 23.1 Å². The summed E-state index contributed by atoms with van der Waals surface area (Å²) in [4.78, 5) is 13.2. The normalized spacial score (nSPS) is 11.3. The highest BCUT2D eigenvalue weighted by Crippen LogP contribution is 2.31. The summed E-state index contributed by atoms with van der Waals surface area (Å²) >= 11 is 0. The van der Waals surface area contributed by atoms with Crippen molar-refractivity contribution in [3.63, 3.8) is 0 Å². The molecule has 1 aromatic rings. The first kappa shape index (κ1) is 12.6. The molecule has 0 spiro atoms. The fourth-order valence-electron chi connectivity index (χ4n) is 1.56. The number of hydrogen-bond acceptors (Lipinski definition) is 2. The van der Waals surface area contributed by atoms with Crippen molar-refractivity contribution in [1.29, 1.82) is 0 Å². The lowest BCUT2D eigenvalue weighted by Crippen LogP contribution is -2.22. The summed E-state index contributed by atoms with van der Waals surface area (Å²) in [6, 6.07) is 5.09. The van der Waals surface area contributed by atoms with Crippen LogP contribution >= 0.6 is 0 Å². The monoisotopic (exact) mass is 221 g/mol. The average Bonchev–Trinajstić information content (AvgIpc) is 2.14. The molecule has 88 valence electrons. The Hall–Kier alpha value is -1.51. The van der Waals surface area contributed by atoms with Gasteiger partial charge in [0.25, 0.3) is 5.91 Å². The molecule has 0 bridgehead atoms. The fraction of sp³-hybridized carbons (Fsp3) is 0.462. The van der Waals surface area contributed by atoms with Crippen molar-refractivity contribution in [2.24, 2.45) is 0 Å². The lowest BCUT2D eigenvalue weighted by atomic mass is 9.86. The molecule has 0 aliphatic rings. The van der Waals surface area contributed by atoms with Crippen LogP contribution in [0, 0.1) is 0 Å². The van der Waals surface area contributed by atoms with Crippen LogP contribution in [0.25, 0.3) is 0 Å². The minimum absolute atomic E-state index is 0.101. The molecule has 0 fully saturated rings. The van der Waals surface area contributed by atoms with Gasteiger partial charge in [-0.3, -0.25) is 4.79 Å². The van der Waals surface area contributed by atoms with E-state index >= 15 is 0 Å². The first-order chi connectivity index (χ1) is 7.23. The molecule has 0 aromatic heterocycles. The maximum Gasteiger partial charge on any atom is 0.253 e. The van der Waals surface area contributed by atoms with Gasteiger partial charge in [-0.25, -0.2) is 0 Å². The standard InChI is InChI=1S/C13H19NO2/c1-13(2,3)10-7-6-9(8-11(10)15)12(16)14(4)5/h6-8,15H,1-5H3. The molecule has 1 amide bonds. The lowest BCUT2D eigenvalue weighted by molar-refractivity contribution is 0.0827. The van der Waals surface area contributed by atoms with Crippen molar-refractivity contribution >= 4 is 5.91 Å². The molecule has 0 unspecified atom stereocenters. The van der Waals surface area contributed by atoms with Crippen molar-refractivity contribution in [1.82, 2.24) is 4.90 Å². The number of phenols is 1. The molecule has 1 rings (SSSR count). The van der Waals surface area contributed by atoms with Crippen LogP contribution in [-0.2, 0) is 5.41 Å². The molecule has 3 heteroatoms. The van der Waals surface area contributed by atoms with Gasteiger partial charge in [0, 0.05) is 19.7 Å². The highest BCUT2D eigenvalue weighted by Gasteiger charge is 2.19. The van der Waals surface area contributed by atoms with Gasteiger partial charge in [-0.15, -0.1) is 0 Å². The van der Waals surface area contributed by atoms with E-state index in [9.17, 15) is 9.90 Å². The zero-order chi connectivity index (χ0) is 12.5.